The van der Waals surface area contributed by atoms with Crippen LogP contribution in [0, 0.1) is 11.8 Å². The predicted molar refractivity (Wildman–Crippen MR) is 409 cm³/mol. The van der Waals surface area contributed by atoms with Crippen LogP contribution >= 0.6 is 15.6 Å². The highest BCUT2D eigenvalue weighted by Gasteiger charge is 2.30. The van der Waals surface area contributed by atoms with Crippen LogP contribution in [0.15, 0.2) is 0 Å². The first-order valence-electron chi connectivity index (χ1n) is 42.0. The number of carbonyl (C=O) groups is 4. The molecule has 3 N–H and O–H groups in total. The number of carbonyl (C=O) groups excluding carboxylic acids is 4. The summed E-state index contributed by atoms with van der Waals surface area (Å²) in [4.78, 5) is 73.1. The fraction of sp³-hybridized carbons (Fsp3) is 0.951. The van der Waals surface area contributed by atoms with Crippen LogP contribution in [0.5, 0.6) is 0 Å². The normalized spacial score (nSPS) is 14.2. The van der Waals surface area contributed by atoms with Crippen LogP contribution in [0.3, 0.4) is 0 Å². The molecule has 3 unspecified atom stereocenters. The molecule has 0 bridgehead atoms. The third kappa shape index (κ3) is 73.0. The number of aliphatic hydroxyl groups is 1. The second kappa shape index (κ2) is 72.6. The first-order chi connectivity index (χ1) is 48.4. The molecule has 0 aromatic carbocycles. The number of rotatable bonds is 80. The van der Waals surface area contributed by atoms with E-state index in [1.807, 2.05) is 0 Å². The molecule has 0 aromatic heterocycles. The summed E-state index contributed by atoms with van der Waals surface area (Å²) in [7, 11) is -9.92. The van der Waals surface area contributed by atoms with Crippen LogP contribution in [0.4, 0.5) is 0 Å². The van der Waals surface area contributed by atoms with Crippen LogP contribution in [0.25, 0.3) is 0 Å². The molecule has 0 aliphatic carbocycles. The summed E-state index contributed by atoms with van der Waals surface area (Å²) in [6.45, 7) is 9.71. The molecule has 17 nitrogen and oxygen atoms in total. The summed E-state index contributed by atoms with van der Waals surface area (Å²) in [5, 5.41) is 10.6. The van der Waals surface area contributed by atoms with E-state index in [1.54, 1.807) is 0 Å². The molecule has 6 atom stereocenters. The molecule has 0 fully saturated rings. The fourth-order valence-corrected chi connectivity index (χ4v) is 14.1. The maximum Gasteiger partial charge on any atom is 0.472 e. The van der Waals surface area contributed by atoms with Crippen LogP contribution in [-0.2, 0) is 65.4 Å². The lowest BCUT2D eigenvalue weighted by atomic mass is 9.99. The average Bonchev–Trinajstić information content (AvgIpc) is 0.976. The zero-order valence-electron chi connectivity index (χ0n) is 65.5. The van der Waals surface area contributed by atoms with E-state index < -0.39 is 97.5 Å². The number of esters is 4. The third-order valence-corrected chi connectivity index (χ3v) is 21.2. The molecule has 100 heavy (non-hydrogen) atoms. The standard InChI is InChI=1S/C81H158O17P2/c1-7-10-12-14-16-18-20-21-22-28-35-41-47-53-59-65-80(85)97-76(69-91-78(83)63-57-51-45-39-31-19-17-15-13-11-8-2)71-95-99(87,88)93-67-75(82)68-94-100(89,90)96-72-77(70-92-79(84)64-58-52-46-40-34-30-25-26-32-37-43-49-55-61-73(4)5)98-81(86)66-60-54-48-42-36-29-24-23-27-33-38-44-50-56-62-74(6)9-3/h73-77,82H,7-72H2,1-6H3,(H,87,88)(H,89,90)/t74?,75-,76+,77+/m0/s1. The molecule has 0 radical (unpaired) electrons. The molecule has 594 valence electrons. The van der Waals surface area contributed by atoms with Gasteiger partial charge < -0.3 is 33.8 Å². The third-order valence-electron chi connectivity index (χ3n) is 19.3. The molecule has 0 aliphatic rings. The van der Waals surface area contributed by atoms with E-state index in [0.717, 1.165) is 102 Å². The summed E-state index contributed by atoms with van der Waals surface area (Å²) < 4.78 is 68.7. The highest BCUT2D eigenvalue weighted by molar-refractivity contribution is 7.47. The van der Waals surface area contributed by atoms with Gasteiger partial charge in [-0.05, 0) is 37.5 Å². The van der Waals surface area contributed by atoms with Crippen molar-refractivity contribution in [2.75, 3.05) is 39.6 Å². The Balaban J connectivity index is 5.26. The zero-order valence-corrected chi connectivity index (χ0v) is 67.3. The van der Waals surface area contributed by atoms with Crippen molar-refractivity contribution in [2.24, 2.45) is 11.8 Å². The number of unbranched alkanes of at least 4 members (excludes halogenated alkanes) is 49. The summed E-state index contributed by atoms with van der Waals surface area (Å²) in [5.74, 6) is -0.469. The summed E-state index contributed by atoms with van der Waals surface area (Å²) >= 11 is 0. The van der Waals surface area contributed by atoms with E-state index in [1.165, 1.54) is 244 Å². The average molecular weight is 1470 g/mol. The van der Waals surface area contributed by atoms with Gasteiger partial charge in [0.2, 0.25) is 0 Å². The molecule has 0 heterocycles. The minimum absolute atomic E-state index is 0.108. The van der Waals surface area contributed by atoms with Crippen molar-refractivity contribution in [3.05, 3.63) is 0 Å². The minimum Gasteiger partial charge on any atom is -0.462 e. The maximum absolute atomic E-state index is 13.1. The van der Waals surface area contributed by atoms with Gasteiger partial charge in [-0.2, -0.15) is 0 Å². The van der Waals surface area contributed by atoms with Crippen molar-refractivity contribution in [1.82, 2.24) is 0 Å². The Kier molecular flexibility index (Phi) is 71.2. The SMILES string of the molecule is CCCCCCCCCCCCCCCCCC(=O)O[C@H](COC(=O)CCCCCCCCCCCCC)COP(=O)(O)OC[C@H](O)COP(=O)(O)OC[C@@H](COC(=O)CCCCCCCCCCCCCCCC(C)C)OC(=O)CCCCCCCCCCCCCCCCC(C)CC. The van der Waals surface area contributed by atoms with Crippen LogP contribution < -0.4 is 0 Å². The molecule has 0 spiro atoms. The molecule has 0 aliphatic heterocycles. The molecule has 0 saturated carbocycles. The highest BCUT2D eigenvalue weighted by atomic mass is 31.2. The molecular weight excluding hydrogens is 1310 g/mol. The number of ether oxygens (including phenoxy) is 4. The Morgan fingerprint density at radius 1 is 0.290 bits per heavy atom. The summed E-state index contributed by atoms with van der Waals surface area (Å²) in [5.41, 5.74) is 0. The van der Waals surface area contributed by atoms with Gasteiger partial charge in [-0.15, -0.1) is 0 Å². The number of aliphatic hydroxyl groups excluding tert-OH is 1. The Morgan fingerprint density at radius 3 is 0.760 bits per heavy atom. The molecule has 0 aromatic rings. The lowest BCUT2D eigenvalue weighted by molar-refractivity contribution is -0.161. The van der Waals surface area contributed by atoms with Crippen LogP contribution in [0.1, 0.15) is 427 Å². The summed E-state index contributed by atoms with van der Waals surface area (Å²) in [6, 6.07) is 0. The highest BCUT2D eigenvalue weighted by Crippen LogP contribution is 2.45. The number of hydrogen-bond acceptors (Lipinski definition) is 15. The van der Waals surface area contributed by atoms with E-state index in [4.69, 9.17) is 37.0 Å². The van der Waals surface area contributed by atoms with E-state index in [9.17, 15) is 43.2 Å². The van der Waals surface area contributed by atoms with E-state index in [0.29, 0.717) is 25.7 Å². The topological polar surface area (TPSA) is 237 Å². The smallest absolute Gasteiger partial charge is 0.462 e. The maximum atomic E-state index is 13.1. The van der Waals surface area contributed by atoms with Crippen molar-refractivity contribution in [3.63, 3.8) is 0 Å². The number of hydrogen-bond donors (Lipinski definition) is 3. The van der Waals surface area contributed by atoms with E-state index in [2.05, 4.69) is 41.5 Å². The Bertz CT molecular complexity index is 1930. The first kappa shape index (κ1) is 98.1. The van der Waals surface area contributed by atoms with Gasteiger partial charge in [0.05, 0.1) is 26.4 Å². The first-order valence-corrected chi connectivity index (χ1v) is 45.0. The fourth-order valence-electron chi connectivity index (χ4n) is 12.5. The number of phosphoric ester groups is 2. The van der Waals surface area contributed by atoms with Gasteiger partial charge in [-0.3, -0.25) is 37.3 Å². The number of phosphoric acid groups is 2. The van der Waals surface area contributed by atoms with Gasteiger partial charge in [0.15, 0.2) is 12.2 Å². The zero-order chi connectivity index (χ0) is 73.5. The Labute approximate surface area is 613 Å². The van der Waals surface area contributed by atoms with Crippen LogP contribution in [-0.4, -0.2) is 96.7 Å². The lowest BCUT2D eigenvalue weighted by Gasteiger charge is -2.21. The van der Waals surface area contributed by atoms with E-state index in [-0.39, 0.29) is 25.7 Å². The largest absolute Gasteiger partial charge is 0.472 e. The molecule has 0 saturated heterocycles. The van der Waals surface area contributed by atoms with Gasteiger partial charge in [-0.25, -0.2) is 9.13 Å². The monoisotopic (exact) mass is 1470 g/mol. The molecule has 0 amide bonds. The van der Waals surface area contributed by atoms with Crippen molar-refractivity contribution in [2.45, 2.75) is 445 Å². The molecule has 0 rings (SSSR count). The van der Waals surface area contributed by atoms with Crippen molar-refractivity contribution < 1.29 is 80.2 Å². The van der Waals surface area contributed by atoms with Crippen LogP contribution in [0.2, 0.25) is 0 Å². The summed E-state index contributed by atoms with van der Waals surface area (Å²) in [6.07, 6.45) is 62.2. The lowest BCUT2D eigenvalue weighted by Crippen LogP contribution is -2.30. The Hall–Kier alpha value is -1.94. The second-order valence-corrected chi connectivity index (χ2v) is 32.8. The predicted octanol–water partition coefficient (Wildman–Crippen LogP) is 24.3. The minimum atomic E-state index is -4.96. The van der Waals surface area contributed by atoms with Crippen molar-refractivity contribution in [1.29, 1.82) is 0 Å². The van der Waals surface area contributed by atoms with Gasteiger partial charge in [0, 0.05) is 25.7 Å². The van der Waals surface area contributed by atoms with Gasteiger partial charge in [0.25, 0.3) is 0 Å². The van der Waals surface area contributed by atoms with Crippen molar-refractivity contribution >= 4 is 39.5 Å². The van der Waals surface area contributed by atoms with E-state index >= 15 is 0 Å². The quantitative estimate of drug-likeness (QED) is 0.0222. The molecular formula is C81H158O17P2. The van der Waals surface area contributed by atoms with Gasteiger partial charge in [-0.1, -0.05) is 375 Å². The van der Waals surface area contributed by atoms with Gasteiger partial charge >= 0.3 is 39.5 Å². The Morgan fingerprint density at radius 2 is 0.510 bits per heavy atom. The van der Waals surface area contributed by atoms with Gasteiger partial charge in [0.1, 0.15) is 19.3 Å². The molecule has 19 heteroatoms. The van der Waals surface area contributed by atoms with Crippen molar-refractivity contribution in [3.8, 4) is 0 Å². The second-order valence-electron chi connectivity index (χ2n) is 29.9.